The van der Waals surface area contributed by atoms with Crippen molar-refractivity contribution in [3.63, 3.8) is 0 Å². The van der Waals surface area contributed by atoms with E-state index in [2.05, 4.69) is 4.98 Å². The fourth-order valence-corrected chi connectivity index (χ4v) is 2.65. The Labute approximate surface area is 104 Å². The molecule has 0 fully saturated rings. The molecule has 0 bridgehead atoms. The van der Waals surface area contributed by atoms with Gasteiger partial charge in [0.2, 0.25) is 0 Å². The SMILES string of the molecule is CC(C)c1c(C(F)(F)F)cc(F)c2sc(N)nc12. The van der Waals surface area contributed by atoms with Crippen molar-refractivity contribution >= 4 is 26.7 Å². The lowest BCUT2D eigenvalue weighted by molar-refractivity contribution is -0.138. The smallest absolute Gasteiger partial charge is 0.375 e. The number of fused-ring (bicyclic) bond motifs is 1. The van der Waals surface area contributed by atoms with Crippen molar-refractivity contribution in [2.24, 2.45) is 0 Å². The van der Waals surface area contributed by atoms with Crippen LogP contribution in [0.4, 0.5) is 22.7 Å². The monoisotopic (exact) mass is 278 g/mol. The lowest BCUT2D eigenvalue weighted by Crippen LogP contribution is -2.11. The Hall–Kier alpha value is -1.37. The summed E-state index contributed by atoms with van der Waals surface area (Å²) >= 11 is 0.854. The molecule has 0 radical (unpaired) electrons. The van der Waals surface area contributed by atoms with Crippen LogP contribution in [0, 0.1) is 5.82 Å². The first-order chi connectivity index (χ1) is 8.21. The molecule has 1 aromatic carbocycles. The van der Waals surface area contributed by atoms with Gasteiger partial charge in [-0.25, -0.2) is 9.37 Å². The maximum atomic E-state index is 13.6. The second-order valence-corrected chi connectivity index (χ2v) is 5.23. The van der Waals surface area contributed by atoms with E-state index in [0.717, 1.165) is 11.3 Å². The predicted molar refractivity (Wildman–Crippen MR) is 63.1 cm³/mol. The van der Waals surface area contributed by atoms with Gasteiger partial charge in [0, 0.05) is 0 Å². The second kappa shape index (κ2) is 4.08. The highest BCUT2D eigenvalue weighted by atomic mass is 32.1. The Morgan fingerprint density at radius 1 is 1.33 bits per heavy atom. The molecule has 0 saturated carbocycles. The van der Waals surface area contributed by atoms with E-state index in [0.29, 0.717) is 6.07 Å². The third-order valence-electron chi connectivity index (χ3n) is 2.56. The van der Waals surface area contributed by atoms with Crippen molar-refractivity contribution in [2.75, 3.05) is 5.73 Å². The molecular formula is C11H10F4N2S. The molecule has 0 aliphatic rings. The molecule has 0 unspecified atom stereocenters. The highest BCUT2D eigenvalue weighted by Crippen LogP contribution is 2.41. The van der Waals surface area contributed by atoms with Crippen LogP contribution in [0.1, 0.15) is 30.9 Å². The lowest BCUT2D eigenvalue weighted by atomic mass is 9.95. The van der Waals surface area contributed by atoms with Crippen LogP contribution in [0.2, 0.25) is 0 Å². The number of alkyl halides is 3. The summed E-state index contributed by atoms with van der Waals surface area (Å²) in [4.78, 5) is 3.83. The molecule has 1 heterocycles. The molecular weight excluding hydrogens is 268 g/mol. The van der Waals surface area contributed by atoms with Gasteiger partial charge < -0.3 is 5.73 Å². The maximum absolute atomic E-state index is 13.6. The van der Waals surface area contributed by atoms with Crippen molar-refractivity contribution < 1.29 is 17.6 Å². The minimum Gasteiger partial charge on any atom is -0.375 e. The molecule has 18 heavy (non-hydrogen) atoms. The van der Waals surface area contributed by atoms with E-state index in [1.807, 2.05) is 0 Å². The van der Waals surface area contributed by atoms with Crippen LogP contribution in [-0.2, 0) is 6.18 Å². The number of thiazole rings is 1. The molecule has 2 N–H and O–H groups in total. The highest BCUT2D eigenvalue weighted by molar-refractivity contribution is 7.22. The summed E-state index contributed by atoms with van der Waals surface area (Å²) in [5.74, 6) is -1.36. The normalized spacial score (nSPS) is 12.6. The van der Waals surface area contributed by atoms with Crippen molar-refractivity contribution in [2.45, 2.75) is 25.9 Å². The Balaban J connectivity index is 2.91. The first-order valence-corrected chi connectivity index (χ1v) is 5.99. The third kappa shape index (κ3) is 2.03. The number of anilines is 1. The lowest BCUT2D eigenvalue weighted by Gasteiger charge is -2.16. The number of aromatic nitrogens is 1. The van der Waals surface area contributed by atoms with Gasteiger partial charge in [-0.05, 0) is 17.5 Å². The van der Waals surface area contributed by atoms with Gasteiger partial charge in [0.25, 0.3) is 0 Å². The maximum Gasteiger partial charge on any atom is 0.416 e. The minimum atomic E-state index is -4.60. The van der Waals surface area contributed by atoms with E-state index in [1.54, 1.807) is 13.8 Å². The third-order valence-corrected chi connectivity index (χ3v) is 3.45. The molecule has 0 amide bonds. The predicted octanol–water partition coefficient (Wildman–Crippen LogP) is 4.16. The summed E-state index contributed by atoms with van der Waals surface area (Å²) in [5.41, 5.74) is 4.47. The average molecular weight is 278 g/mol. The molecule has 98 valence electrons. The van der Waals surface area contributed by atoms with Gasteiger partial charge in [-0.15, -0.1) is 0 Å². The molecule has 0 aliphatic carbocycles. The summed E-state index contributed by atoms with van der Waals surface area (Å²) < 4.78 is 52.4. The first-order valence-electron chi connectivity index (χ1n) is 5.17. The molecule has 1 aromatic heterocycles. The fourth-order valence-electron chi connectivity index (χ4n) is 1.90. The van der Waals surface area contributed by atoms with Crippen LogP contribution in [-0.4, -0.2) is 4.98 Å². The molecule has 0 atom stereocenters. The Bertz CT molecular complexity index is 601. The second-order valence-electron chi connectivity index (χ2n) is 4.20. The van der Waals surface area contributed by atoms with E-state index in [-0.39, 0.29) is 20.9 Å². The molecule has 0 aliphatic heterocycles. The molecule has 0 saturated heterocycles. The summed E-state index contributed by atoms with van der Waals surface area (Å²) in [6.45, 7) is 3.22. The summed E-state index contributed by atoms with van der Waals surface area (Å²) in [5, 5.41) is 0.0603. The van der Waals surface area contributed by atoms with Gasteiger partial charge in [-0.2, -0.15) is 13.2 Å². The van der Waals surface area contributed by atoms with E-state index in [1.165, 1.54) is 0 Å². The van der Waals surface area contributed by atoms with E-state index in [4.69, 9.17) is 5.73 Å². The number of nitrogen functional groups attached to an aromatic ring is 1. The number of rotatable bonds is 1. The first kappa shape index (κ1) is 13.1. The zero-order valence-electron chi connectivity index (χ0n) is 9.60. The van der Waals surface area contributed by atoms with Crippen molar-refractivity contribution in [1.82, 2.24) is 4.98 Å². The molecule has 7 heteroatoms. The molecule has 2 nitrogen and oxygen atoms in total. The Kier molecular flexibility index (Phi) is 2.96. The van der Waals surface area contributed by atoms with Gasteiger partial charge in [-0.3, -0.25) is 0 Å². The number of nitrogens with zero attached hydrogens (tertiary/aromatic N) is 1. The number of halogens is 4. The number of nitrogens with two attached hydrogens (primary N) is 1. The summed E-state index contributed by atoms with van der Waals surface area (Å²) in [6.07, 6.45) is -4.60. The summed E-state index contributed by atoms with van der Waals surface area (Å²) in [7, 11) is 0. The Morgan fingerprint density at radius 2 is 1.94 bits per heavy atom. The Morgan fingerprint density at radius 3 is 2.44 bits per heavy atom. The molecule has 0 spiro atoms. The van der Waals surface area contributed by atoms with Gasteiger partial charge in [0.05, 0.1) is 15.8 Å². The van der Waals surface area contributed by atoms with Gasteiger partial charge in [-0.1, -0.05) is 25.2 Å². The van der Waals surface area contributed by atoms with E-state index >= 15 is 0 Å². The minimum absolute atomic E-state index is 0.00755. The number of hydrogen-bond acceptors (Lipinski definition) is 3. The largest absolute Gasteiger partial charge is 0.416 e. The van der Waals surface area contributed by atoms with Gasteiger partial charge in [0.15, 0.2) is 5.13 Å². The molecule has 2 aromatic rings. The van der Waals surface area contributed by atoms with Gasteiger partial charge >= 0.3 is 6.18 Å². The van der Waals surface area contributed by atoms with Crippen LogP contribution in [0.25, 0.3) is 10.2 Å². The van der Waals surface area contributed by atoms with E-state index < -0.39 is 23.5 Å². The highest BCUT2D eigenvalue weighted by Gasteiger charge is 2.36. The fraction of sp³-hybridized carbons (Fsp3) is 0.364. The van der Waals surface area contributed by atoms with Crippen LogP contribution < -0.4 is 5.73 Å². The van der Waals surface area contributed by atoms with Crippen LogP contribution in [0.15, 0.2) is 6.07 Å². The topological polar surface area (TPSA) is 38.9 Å². The van der Waals surface area contributed by atoms with Crippen LogP contribution >= 0.6 is 11.3 Å². The van der Waals surface area contributed by atoms with Crippen molar-refractivity contribution in [3.05, 3.63) is 23.0 Å². The number of benzene rings is 1. The van der Waals surface area contributed by atoms with Crippen molar-refractivity contribution in [3.8, 4) is 0 Å². The zero-order valence-corrected chi connectivity index (χ0v) is 10.4. The molecule has 2 rings (SSSR count). The van der Waals surface area contributed by atoms with Gasteiger partial charge in [0.1, 0.15) is 5.82 Å². The van der Waals surface area contributed by atoms with Crippen LogP contribution in [0.5, 0.6) is 0 Å². The quantitative estimate of drug-likeness (QED) is 0.795. The summed E-state index contributed by atoms with van der Waals surface area (Å²) in [6, 6.07) is 0.523. The van der Waals surface area contributed by atoms with Crippen LogP contribution in [0.3, 0.4) is 0 Å². The van der Waals surface area contributed by atoms with E-state index in [9.17, 15) is 17.6 Å². The average Bonchev–Trinajstić information content (AvgIpc) is 2.57. The standard InChI is InChI=1S/C11H10F4N2S/c1-4(2)7-5(11(13,14)15)3-6(12)9-8(7)17-10(16)18-9/h3-4H,1-2H3,(H2,16,17). The van der Waals surface area contributed by atoms with Crippen molar-refractivity contribution in [1.29, 1.82) is 0 Å². The zero-order chi connectivity index (χ0) is 13.7. The number of hydrogen-bond donors (Lipinski definition) is 1.